The Morgan fingerprint density at radius 3 is 2.96 bits per heavy atom. The van der Waals surface area contributed by atoms with Gasteiger partial charge in [0.1, 0.15) is 5.82 Å². The van der Waals surface area contributed by atoms with Crippen molar-refractivity contribution in [2.75, 3.05) is 25.9 Å². The van der Waals surface area contributed by atoms with Crippen molar-refractivity contribution in [2.24, 2.45) is 5.92 Å². The number of aryl methyl sites for hydroxylation is 1. The van der Waals surface area contributed by atoms with Gasteiger partial charge in [-0.1, -0.05) is 12.1 Å². The Balaban J connectivity index is 1.44. The van der Waals surface area contributed by atoms with Gasteiger partial charge in [-0.15, -0.1) is 0 Å². The molecule has 7 nitrogen and oxygen atoms in total. The minimum atomic E-state index is -3.23. The van der Waals surface area contributed by atoms with Crippen molar-refractivity contribution in [1.29, 1.82) is 0 Å². The van der Waals surface area contributed by atoms with E-state index >= 15 is 0 Å². The highest BCUT2D eigenvalue weighted by Crippen LogP contribution is 2.18. The van der Waals surface area contributed by atoms with Crippen molar-refractivity contribution in [3.05, 3.63) is 30.1 Å². The number of piperidine rings is 1. The van der Waals surface area contributed by atoms with Crippen LogP contribution in [-0.4, -0.2) is 54.5 Å². The van der Waals surface area contributed by atoms with Gasteiger partial charge < -0.3 is 10.3 Å². The minimum absolute atomic E-state index is 0.0574. The monoisotopic (exact) mass is 364 g/mol. The maximum atomic E-state index is 12.3. The number of hydrogen-bond donors (Lipinski definition) is 2. The lowest BCUT2D eigenvalue weighted by Crippen LogP contribution is -2.45. The van der Waals surface area contributed by atoms with Gasteiger partial charge in [-0.2, -0.15) is 0 Å². The van der Waals surface area contributed by atoms with Gasteiger partial charge in [0, 0.05) is 26.1 Å². The quantitative estimate of drug-likeness (QED) is 0.755. The molecule has 2 N–H and O–H groups in total. The van der Waals surface area contributed by atoms with E-state index in [9.17, 15) is 13.2 Å². The van der Waals surface area contributed by atoms with Crippen molar-refractivity contribution >= 4 is 27.0 Å². The zero-order chi connectivity index (χ0) is 17.9. The summed E-state index contributed by atoms with van der Waals surface area (Å²) in [5.41, 5.74) is 1.97. The summed E-state index contributed by atoms with van der Waals surface area (Å²) < 4.78 is 24.7. The van der Waals surface area contributed by atoms with Gasteiger partial charge in [0.2, 0.25) is 15.9 Å². The predicted molar refractivity (Wildman–Crippen MR) is 96.6 cm³/mol. The number of aromatic nitrogens is 2. The van der Waals surface area contributed by atoms with Crippen molar-refractivity contribution in [3.63, 3.8) is 0 Å². The molecule has 1 atom stereocenters. The average Bonchev–Trinajstić information content (AvgIpc) is 3.00. The largest absolute Gasteiger partial charge is 0.356 e. The molecule has 3 rings (SSSR count). The molecule has 0 saturated carbocycles. The molecular formula is C17H24N4O3S. The van der Waals surface area contributed by atoms with Crippen LogP contribution in [0.4, 0.5) is 0 Å². The number of fused-ring (bicyclic) bond motifs is 1. The molecule has 0 bridgehead atoms. The van der Waals surface area contributed by atoms with Crippen LogP contribution in [0.25, 0.3) is 11.0 Å². The summed E-state index contributed by atoms with van der Waals surface area (Å²) in [6, 6.07) is 7.88. The molecule has 0 aliphatic carbocycles. The van der Waals surface area contributed by atoms with E-state index in [1.807, 2.05) is 24.3 Å². The topological polar surface area (TPSA) is 95.2 Å². The van der Waals surface area contributed by atoms with E-state index < -0.39 is 10.0 Å². The summed E-state index contributed by atoms with van der Waals surface area (Å²) in [4.78, 5) is 20.1. The third-order valence-electron chi connectivity index (χ3n) is 4.55. The van der Waals surface area contributed by atoms with Gasteiger partial charge in [0.15, 0.2) is 0 Å². The summed E-state index contributed by atoms with van der Waals surface area (Å²) in [7, 11) is -3.23. The summed E-state index contributed by atoms with van der Waals surface area (Å²) in [5.74, 6) is 0.601. The van der Waals surface area contributed by atoms with E-state index in [4.69, 9.17) is 0 Å². The number of nitrogens with one attached hydrogen (secondary N) is 2. The molecule has 0 radical (unpaired) electrons. The Morgan fingerprint density at radius 1 is 1.40 bits per heavy atom. The van der Waals surface area contributed by atoms with Gasteiger partial charge in [-0.3, -0.25) is 4.79 Å². The lowest BCUT2D eigenvalue weighted by atomic mass is 9.99. The first-order valence-electron chi connectivity index (χ1n) is 8.60. The molecule has 1 aromatic carbocycles. The van der Waals surface area contributed by atoms with Gasteiger partial charge in [0.25, 0.3) is 0 Å². The highest BCUT2D eigenvalue weighted by atomic mass is 32.2. The highest BCUT2D eigenvalue weighted by molar-refractivity contribution is 7.88. The first-order chi connectivity index (χ1) is 11.9. The fourth-order valence-electron chi connectivity index (χ4n) is 3.19. The molecule has 1 aliphatic rings. The molecule has 8 heteroatoms. The summed E-state index contributed by atoms with van der Waals surface area (Å²) >= 11 is 0. The van der Waals surface area contributed by atoms with Crippen LogP contribution >= 0.6 is 0 Å². The molecule has 136 valence electrons. The average molecular weight is 364 g/mol. The third-order valence-corrected chi connectivity index (χ3v) is 5.82. The van der Waals surface area contributed by atoms with E-state index in [0.717, 1.165) is 42.5 Å². The van der Waals surface area contributed by atoms with Crippen LogP contribution in [-0.2, 0) is 21.2 Å². The molecule has 1 fully saturated rings. The first-order valence-corrected chi connectivity index (χ1v) is 10.4. The van der Waals surface area contributed by atoms with Crippen LogP contribution in [0.15, 0.2) is 24.3 Å². The SMILES string of the molecule is CS(=O)(=O)N1CCCC(C(=O)NCCCc2nc3ccccc3[nH]2)C1. The number of imidazole rings is 1. The number of nitrogens with zero attached hydrogens (tertiary/aromatic N) is 2. The van der Waals surface area contributed by atoms with E-state index in [2.05, 4.69) is 15.3 Å². The maximum absolute atomic E-state index is 12.3. The molecular weight excluding hydrogens is 340 g/mol. The van der Waals surface area contributed by atoms with E-state index in [-0.39, 0.29) is 18.4 Å². The number of carbonyl (C=O) groups is 1. The number of amides is 1. The standard InChI is InChI=1S/C17H24N4O3S/c1-25(23,24)21-11-5-6-13(12-21)17(22)18-10-4-9-16-19-14-7-2-3-8-15(14)20-16/h2-3,7-8,13H,4-6,9-12H2,1H3,(H,18,22)(H,19,20). The van der Waals surface area contributed by atoms with E-state index in [1.54, 1.807) is 0 Å². The number of rotatable bonds is 6. The molecule has 1 aromatic heterocycles. The third kappa shape index (κ3) is 4.58. The smallest absolute Gasteiger partial charge is 0.224 e. The second kappa shape index (κ2) is 7.53. The number of sulfonamides is 1. The number of hydrogen-bond acceptors (Lipinski definition) is 4. The van der Waals surface area contributed by atoms with Crippen LogP contribution in [0.3, 0.4) is 0 Å². The Kier molecular flexibility index (Phi) is 5.39. The van der Waals surface area contributed by atoms with E-state index in [0.29, 0.717) is 13.1 Å². The zero-order valence-corrected chi connectivity index (χ0v) is 15.2. The first kappa shape index (κ1) is 17.9. The van der Waals surface area contributed by atoms with Crippen LogP contribution < -0.4 is 5.32 Å². The van der Waals surface area contributed by atoms with Crippen molar-refractivity contribution in [1.82, 2.24) is 19.6 Å². The molecule has 1 aliphatic heterocycles. The lowest BCUT2D eigenvalue weighted by molar-refractivity contribution is -0.126. The number of para-hydroxylation sites is 2. The summed E-state index contributed by atoms with van der Waals surface area (Å²) in [6.45, 7) is 1.36. The normalized spacial score (nSPS) is 19.2. The second-order valence-corrected chi connectivity index (χ2v) is 8.54. The fourth-order valence-corrected chi connectivity index (χ4v) is 4.10. The van der Waals surface area contributed by atoms with Crippen LogP contribution in [0.1, 0.15) is 25.1 Å². The minimum Gasteiger partial charge on any atom is -0.356 e. The maximum Gasteiger partial charge on any atom is 0.224 e. The molecule has 0 spiro atoms. The Bertz CT molecular complexity index is 813. The summed E-state index contributed by atoms with van der Waals surface area (Å²) in [5, 5.41) is 2.93. The Hall–Kier alpha value is -1.93. The second-order valence-electron chi connectivity index (χ2n) is 6.56. The van der Waals surface area contributed by atoms with Gasteiger partial charge in [0.05, 0.1) is 23.2 Å². The van der Waals surface area contributed by atoms with Crippen molar-refractivity contribution < 1.29 is 13.2 Å². The molecule has 1 unspecified atom stereocenters. The lowest BCUT2D eigenvalue weighted by Gasteiger charge is -2.30. The molecule has 1 amide bonds. The predicted octanol–water partition coefficient (Wildman–Crippen LogP) is 1.28. The van der Waals surface area contributed by atoms with Crippen LogP contribution in [0.2, 0.25) is 0 Å². The van der Waals surface area contributed by atoms with Crippen molar-refractivity contribution in [2.45, 2.75) is 25.7 Å². The van der Waals surface area contributed by atoms with Crippen LogP contribution in [0, 0.1) is 5.92 Å². The van der Waals surface area contributed by atoms with Gasteiger partial charge >= 0.3 is 0 Å². The van der Waals surface area contributed by atoms with Crippen molar-refractivity contribution in [3.8, 4) is 0 Å². The highest BCUT2D eigenvalue weighted by Gasteiger charge is 2.29. The van der Waals surface area contributed by atoms with Crippen LogP contribution in [0.5, 0.6) is 0 Å². The molecule has 2 aromatic rings. The molecule has 25 heavy (non-hydrogen) atoms. The number of aromatic amines is 1. The van der Waals surface area contributed by atoms with Gasteiger partial charge in [-0.25, -0.2) is 17.7 Å². The molecule has 2 heterocycles. The zero-order valence-electron chi connectivity index (χ0n) is 14.4. The number of carbonyl (C=O) groups excluding carboxylic acids is 1. The van der Waals surface area contributed by atoms with E-state index in [1.165, 1.54) is 10.6 Å². The number of H-pyrrole nitrogens is 1. The van der Waals surface area contributed by atoms with Gasteiger partial charge in [-0.05, 0) is 31.4 Å². The Labute approximate surface area is 147 Å². The Morgan fingerprint density at radius 2 is 2.20 bits per heavy atom. The summed E-state index contributed by atoms with van der Waals surface area (Å²) in [6.07, 6.45) is 4.20. The number of benzene rings is 1. The fraction of sp³-hybridized carbons (Fsp3) is 0.529. The molecule has 1 saturated heterocycles.